The minimum absolute atomic E-state index is 0.0581. The molecule has 3 heterocycles. The molecule has 10 nitrogen and oxygen atoms in total. The Morgan fingerprint density at radius 1 is 1.25 bits per heavy atom. The maximum Gasteiger partial charge on any atom is 0.517 e. The van der Waals surface area contributed by atoms with E-state index in [9.17, 15) is 19.5 Å². The van der Waals surface area contributed by atoms with E-state index in [1.807, 2.05) is 27.0 Å². The van der Waals surface area contributed by atoms with Gasteiger partial charge in [-0.3, -0.25) is 9.69 Å². The molecular weight excluding hydrogens is 532 g/mol. The van der Waals surface area contributed by atoms with Crippen LogP contribution in [0.3, 0.4) is 0 Å². The number of carboxylic acid groups (broad SMARTS) is 1. The van der Waals surface area contributed by atoms with E-state index in [0.29, 0.717) is 41.3 Å². The molecule has 2 saturated heterocycles. The Morgan fingerprint density at radius 3 is 2.58 bits per heavy atom. The van der Waals surface area contributed by atoms with Crippen LogP contribution < -0.4 is 10.1 Å². The van der Waals surface area contributed by atoms with Gasteiger partial charge in [0.25, 0.3) is 5.91 Å². The van der Waals surface area contributed by atoms with Crippen molar-refractivity contribution in [2.24, 2.45) is 0 Å². The number of thiazole rings is 1. The van der Waals surface area contributed by atoms with Crippen molar-refractivity contribution < 1.29 is 33.4 Å². The summed E-state index contributed by atoms with van der Waals surface area (Å²) in [6.45, 7) is 12.1. The number of nitrogens with zero attached hydrogens (tertiary/aromatic N) is 3. The number of amides is 2. The molecule has 2 amide bonds. The number of carbonyl (C=O) groups excluding carboxylic acids is 2. The Hall–Kier alpha value is -3.02. The fraction of sp³-hybridized carbons (Fsp3) is 0.586. The van der Waals surface area contributed by atoms with Crippen molar-refractivity contribution in [2.75, 3.05) is 33.2 Å². The largest absolute Gasteiger partial charge is 0.517 e. The van der Waals surface area contributed by atoms with Gasteiger partial charge in [-0.1, -0.05) is 0 Å². The van der Waals surface area contributed by atoms with Gasteiger partial charge < -0.3 is 19.9 Å². The first-order valence-electron chi connectivity index (χ1n) is 13.9. The number of rotatable bonds is 8. The lowest BCUT2D eigenvalue weighted by Crippen LogP contribution is -2.52. The molecule has 1 saturated carbocycles. The average molecular weight is 572 g/mol. The molecule has 0 spiro atoms. The maximum absolute atomic E-state index is 13.1. The van der Waals surface area contributed by atoms with Crippen molar-refractivity contribution in [1.29, 1.82) is 0 Å². The molecular formula is C29H39N4O6S+. The van der Waals surface area contributed by atoms with E-state index in [-0.39, 0.29) is 29.3 Å². The number of hydrogen-bond acceptors (Lipinski definition) is 8. The lowest BCUT2D eigenvalue weighted by atomic mass is 10.0. The molecule has 2 aromatic rings. The summed E-state index contributed by atoms with van der Waals surface area (Å²) in [5.74, 6) is -0.637. The summed E-state index contributed by atoms with van der Waals surface area (Å²) in [5, 5.41) is 13.0. The third kappa shape index (κ3) is 5.46. The lowest BCUT2D eigenvalue weighted by Gasteiger charge is -2.33. The van der Waals surface area contributed by atoms with E-state index < -0.39 is 23.6 Å². The van der Waals surface area contributed by atoms with E-state index in [2.05, 4.69) is 17.1 Å². The highest BCUT2D eigenvalue weighted by Gasteiger charge is 2.72. The summed E-state index contributed by atoms with van der Waals surface area (Å²) in [5.41, 5.74) is 0.205. The first-order valence-corrected chi connectivity index (χ1v) is 14.7. The fourth-order valence-electron chi connectivity index (χ4n) is 5.76. The van der Waals surface area contributed by atoms with Gasteiger partial charge in [-0.25, -0.2) is 14.3 Å². The number of aromatic carboxylic acids is 1. The minimum Gasteiger partial charge on any atom is -0.481 e. The van der Waals surface area contributed by atoms with Gasteiger partial charge in [0, 0.05) is 31.2 Å². The zero-order valence-electron chi connectivity index (χ0n) is 24.0. The molecule has 1 aromatic heterocycles. The number of aryl methyl sites for hydroxylation is 1. The van der Waals surface area contributed by atoms with Crippen molar-refractivity contribution in [1.82, 2.24) is 15.2 Å². The second-order valence-corrected chi connectivity index (χ2v) is 13.3. The van der Waals surface area contributed by atoms with Crippen molar-refractivity contribution in [2.45, 2.75) is 77.2 Å². The zero-order chi connectivity index (χ0) is 29.0. The van der Waals surface area contributed by atoms with Gasteiger partial charge in [0.05, 0.1) is 17.7 Å². The summed E-state index contributed by atoms with van der Waals surface area (Å²) in [7, 11) is 1.51. The number of ether oxygens (including phenoxy) is 2. The maximum atomic E-state index is 13.1. The molecule has 5 rings (SSSR count). The first kappa shape index (κ1) is 28.5. The van der Waals surface area contributed by atoms with Gasteiger partial charge in [-0.15, -0.1) is 11.3 Å². The van der Waals surface area contributed by atoms with Crippen LogP contribution >= 0.6 is 11.3 Å². The monoisotopic (exact) mass is 571 g/mol. The first-order chi connectivity index (χ1) is 18.8. The number of quaternary nitrogens is 1. The average Bonchev–Trinajstić information content (AvgIpc) is 3.77. The molecule has 1 aliphatic carbocycles. The van der Waals surface area contributed by atoms with Crippen LogP contribution in [0.1, 0.15) is 88.7 Å². The smallest absolute Gasteiger partial charge is 0.481 e. The van der Waals surface area contributed by atoms with Gasteiger partial charge in [-0.05, 0) is 71.1 Å². The number of carbonyl (C=O) groups is 3. The Kier molecular flexibility index (Phi) is 7.43. The molecule has 3 fully saturated rings. The molecule has 3 unspecified atom stereocenters. The van der Waals surface area contributed by atoms with Gasteiger partial charge in [0.1, 0.15) is 22.9 Å². The molecule has 40 heavy (non-hydrogen) atoms. The third-order valence-electron chi connectivity index (χ3n) is 8.27. The summed E-state index contributed by atoms with van der Waals surface area (Å²) in [6.07, 6.45) is 3.64. The molecule has 0 bridgehead atoms. The minimum atomic E-state index is -1.10. The van der Waals surface area contributed by atoms with Crippen LogP contribution in [0.15, 0.2) is 18.3 Å². The quantitative estimate of drug-likeness (QED) is 0.355. The van der Waals surface area contributed by atoms with Crippen LogP contribution in [0, 0.1) is 6.92 Å². The second-order valence-electron chi connectivity index (χ2n) is 12.2. The SMILES string of the molecule is CNC(=O)c1cc(C(=O)O)c(C)cc1OC(CN1CC[N+]2(C(=O)OC(C)(C)C)C(C1)[C@H]2C)c1ncc(C2CC2)s1. The van der Waals surface area contributed by atoms with Gasteiger partial charge >= 0.3 is 12.1 Å². The normalized spacial score (nSPS) is 25.1. The van der Waals surface area contributed by atoms with Crippen LogP contribution in [0.2, 0.25) is 0 Å². The van der Waals surface area contributed by atoms with Crippen molar-refractivity contribution in [3.8, 4) is 5.75 Å². The summed E-state index contributed by atoms with van der Waals surface area (Å²) in [4.78, 5) is 45.9. The Labute approximate surface area is 238 Å². The van der Waals surface area contributed by atoms with Gasteiger partial charge in [-0.2, -0.15) is 4.79 Å². The van der Waals surface area contributed by atoms with Crippen LogP contribution in [-0.2, 0) is 4.74 Å². The summed E-state index contributed by atoms with van der Waals surface area (Å²) in [6, 6.07) is 3.34. The van der Waals surface area contributed by atoms with Gasteiger partial charge in [0.15, 0.2) is 18.2 Å². The van der Waals surface area contributed by atoms with Crippen molar-refractivity contribution in [3.05, 3.63) is 44.9 Å². The lowest BCUT2D eigenvalue weighted by molar-refractivity contribution is -0.756. The predicted molar refractivity (Wildman–Crippen MR) is 150 cm³/mol. The highest BCUT2D eigenvalue weighted by atomic mass is 32.1. The number of hydrogen-bond donors (Lipinski definition) is 2. The zero-order valence-corrected chi connectivity index (χ0v) is 24.8. The van der Waals surface area contributed by atoms with Crippen molar-refractivity contribution in [3.63, 3.8) is 0 Å². The van der Waals surface area contributed by atoms with E-state index >= 15 is 0 Å². The number of aromatic nitrogens is 1. The third-order valence-corrected chi connectivity index (χ3v) is 9.52. The van der Waals surface area contributed by atoms with Crippen LogP contribution in [0.5, 0.6) is 5.75 Å². The van der Waals surface area contributed by atoms with E-state index in [4.69, 9.17) is 14.5 Å². The molecule has 4 atom stereocenters. The molecule has 2 aliphatic heterocycles. The molecule has 216 valence electrons. The number of fused-ring (bicyclic) bond motifs is 1. The number of carboxylic acids is 1. The van der Waals surface area contributed by atoms with E-state index in [1.54, 1.807) is 24.3 Å². The Bertz CT molecular complexity index is 1330. The summed E-state index contributed by atoms with van der Waals surface area (Å²) >= 11 is 1.64. The van der Waals surface area contributed by atoms with E-state index in [1.165, 1.54) is 30.8 Å². The Morgan fingerprint density at radius 2 is 1.98 bits per heavy atom. The van der Waals surface area contributed by atoms with Crippen LogP contribution in [0.25, 0.3) is 0 Å². The highest BCUT2D eigenvalue weighted by Crippen LogP contribution is 2.46. The molecule has 3 aliphatic rings. The van der Waals surface area contributed by atoms with Crippen LogP contribution in [-0.4, -0.2) is 88.4 Å². The number of piperazine rings is 1. The highest BCUT2D eigenvalue weighted by molar-refractivity contribution is 7.11. The van der Waals surface area contributed by atoms with Crippen molar-refractivity contribution >= 4 is 29.3 Å². The second kappa shape index (κ2) is 10.4. The van der Waals surface area contributed by atoms with E-state index in [0.717, 1.165) is 11.6 Å². The molecule has 11 heteroatoms. The predicted octanol–water partition coefficient (Wildman–Crippen LogP) is 4.35. The fourth-order valence-corrected chi connectivity index (χ4v) is 6.87. The summed E-state index contributed by atoms with van der Waals surface area (Å²) < 4.78 is 12.7. The number of nitrogens with one attached hydrogen (secondary N) is 1. The molecule has 1 aromatic carbocycles. The molecule has 2 N–H and O–H groups in total. The van der Waals surface area contributed by atoms with Crippen LogP contribution in [0.4, 0.5) is 4.79 Å². The number of benzene rings is 1. The standard InChI is InChI=1S/C29H38N4O6S/c1-16-11-22(20(25(34)30-6)12-19(16)27(35)36)38-23(26-31-13-24(40-26)18-7-8-18)15-32-9-10-33(17(2)21(33)14-32)28(37)39-29(3,4)5/h11-13,17-18,21,23H,7-10,14-15H2,1-6H3,(H-,30,34,35,36)/p+1/t17-,21?,23?,33?/m1/s1. The molecule has 0 radical (unpaired) electrons. The topological polar surface area (TPSA) is 118 Å². The van der Waals surface area contributed by atoms with Gasteiger partial charge in [0.2, 0.25) is 0 Å². The Balaban J connectivity index is 1.40.